The maximum absolute atomic E-state index is 2.43. The summed E-state index contributed by atoms with van der Waals surface area (Å²) in [6.07, 6.45) is 0. The maximum Gasteiger partial charge on any atom is 0.0601 e. The Morgan fingerprint density at radius 1 is 0.283 bits per heavy atom. The van der Waals surface area contributed by atoms with E-state index in [-0.39, 0.29) is 0 Å². The summed E-state index contributed by atoms with van der Waals surface area (Å²) >= 11 is 3.69. The molecule has 216 valence electrons. The molecule has 0 atom stereocenters. The summed E-state index contributed by atoms with van der Waals surface area (Å²) in [7, 11) is 0. The van der Waals surface area contributed by atoms with Crippen LogP contribution in [-0.2, 0) is 0 Å². The van der Waals surface area contributed by atoms with Crippen LogP contribution in [-0.4, -0.2) is 0 Å². The molecule has 46 heavy (non-hydrogen) atoms. The van der Waals surface area contributed by atoms with Crippen molar-refractivity contribution in [3.63, 3.8) is 0 Å². The van der Waals surface area contributed by atoms with Gasteiger partial charge in [0.1, 0.15) is 0 Å². The predicted octanol–water partition coefficient (Wildman–Crippen LogP) is 13.0. The third-order valence-corrected chi connectivity index (χ3v) is 11.4. The molecule has 0 aliphatic carbocycles. The van der Waals surface area contributed by atoms with E-state index in [1.807, 2.05) is 23.5 Å². The second-order valence-electron chi connectivity index (χ2n) is 11.8. The molecule has 0 aromatic heterocycles. The SMILES string of the molecule is c1ccc2c(c1)Sc1ccccc1N2c1ccc2c3ccccc3c3ccc(N4c5ccccc5Sc5ccccc54)cc3c2c1. The van der Waals surface area contributed by atoms with Crippen molar-refractivity contribution in [1.29, 1.82) is 0 Å². The van der Waals surface area contributed by atoms with Crippen LogP contribution in [0.3, 0.4) is 0 Å². The van der Waals surface area contributed by atoms with Crippen LogP contribution in [0.1, 0.15) is 0 Å². The van der Waals surface area contributed by atoms with Crippen molar-refractivity contribution in [1.82, 2.24) is 0 Å². The van der Waals surface area contributed by atoms with Crippen LogP contribution in [0.5, 0.6) is 0 Å². The smallest absolute Gasteiger partial charge is 0.0601 e. The molecule has 2 heterocycles. The van der Waals surface area contributed by atoms with Gasteiger partial charge < -0.3 is 9.80 Å². The summed E-state index contributed by atoms with van der Waals surface area (Å²) in [4.78, 5) is 9.94. The largest absolute Gasteiger partial charge is 0.308 e. The topological polar surface area (TPSA) is 6.48 Å². The number of para-hydroxylation sites is 4. The van der Waals surface area contributed by atoms with Crippen LogP contribution in [0.4, 0.5) is 34.1 Å². The van der Waals surface area contributed by atoms with Crippen molar-refractivity contribution in [3.8, 4) is 0 Å². The van der Waals surface area contributed by atoms with Crippen LogP contribution in [0.25, 0.3) is 32.3 Å². The predicted molar refractivity (Wildman–Crippen MR) is 197 cm³/mol. The summed E-state index contributed by atoms with van der Waals surface area (Å²) in [6, 6.07) is 57.9. The lowest BCUT2D eigenvalue weighted by atomic mass is 9.93. The number of fused-ring (bicyclic) bond motifs is 10. The molecule has 0 N–H and O–H groups in total. The molecule has 10 rings (SSSR count). The zero-order valence-electron chi connectivity index (χ0n) is 24.7. The molecule has 0 amide bonds. The van der Waals surface area contributed by atoms with Gasteiger partial charge in [0.15, 0.2) is 0 Å². The fourth-order valence-electron chi connectivity index (χ4n) is 7.18. The van der Waals surface area contributed by atoms with E-state index in [1.54, 1.807) is 0 Å². The van der Waals surface area contributed by atoms with Crippen molar-refractivity contribution >= 4 is 90.0 Å². The zero-order chi connectivity index (χ0) is 30.2. The lowest BCUT2D eigenvalue weighted by Crippen LogP contribution is -2.15. The Hall–Kier alpha value is -5.16. The number of rotatable bonds is 2. The summed E-state index contributed by atoms with van der Waals surface area (Å²) in [5.74, 6) is 0. The molecule has 2 nitrogen and oxygen atoms in total. The fourth-order valence-corrected chi connectivity index (χ4v) is 9.29. The van der Waals surface area contributed by atoms with E-state index in [0.29, 0.717) is 0 Å². The molecule has 2 aliphatic rings. The third-order valence-electron chi connectivity index (χ3n) is 9.18. The first kappa shape index (κ1) is 26.1. The third kappa shape index (κ3) is 3.87. The molecule has 0 saturated carbocycles. The van der Waals surface area contributed by atoms with Gasteiger partial charge in [-0.3, -0.25) is 0 Å². The first-order valence-electron chi connectivity index (χ1n) is 15.5. The summed E-state index contributed by atoms with van der Waals surface area (Å²) < 4.78 is 0. The van der Waals surface area contributed by atoms with Crippen LogP contribution in [0.15, 0.2) is 177 Å². The van der Waals surface area contributed by atoms with Gasteiger partial charge in [0.2, 0.25) is 0 Å². The van der Waals surface area contributed by atoms with Crippen LogP contribution in [0.2, 0.25) is 0 Å². The molecular weight excluding hydrogens is 597 g/mol. The Morgan fingerprint density at radius 2 is 0.587 bits per heavy atom. The number of anilines is 6. The van der Waals surface area contributed by atoms with Gasteiger partial charge >= 0.3 is 0 Å². The Labute approximate surface area is 275 Å². The molecule has 0 unspecified atom stereocenters. The van der Waals surface area contributed by atoms with E-state index in [9.17, 15) is 0 Å². The van der Waals surface area contributed by atoms with E-state index in [4.69, 9.17) is 0 Å². The standard InChI is InChI=1S/C42H26N2S2/c1-2-12-30-29(11-1)31-23-21-27(43-35-13-3-7-17-39(35)45-40-18-8-4-14-36(40)43)25-33(31)34-26-28(22-24-32(30)34)44-37-15-5-9-19-41(37)46-42-20-10-6-16-38(42)44/h1-26H. The summed E-state index contributed by atoms with van der Waals surface area (Å²) in [5, 5.41) is 7.62. The van der Waals surface area contributed by atoms with E-state index in [1.165, 1.54) is 86.0 Å². The Morgan fingerprint density at radius 3 is 0.957 bits per heavy atom. The van der Waals surface area contributed by atoms with Gasteiger partial charge in [0, 0.05) is 31.0 Å². The molecular formula is C42H26N2S2. The first-order chi connectivity index (χ1) is 22.8. The highest BCUT2D eigenvalue weighted by Crippen LogP contribution is 2.54. The van der Waals surface area contributed by atoms with Crippen molar-refractivity contribution in [3.05, 3.63) is 158 Å². The van der Waals surface area contributed by atoms with E-state index >= 15 is 0 Å². The molecule has 0 spiro atoms. The van der Waals surface area contributed by atoms with E-state index < -0.39 is 0 Å². The van der Waals surface area contributed by atoms with Crippen molar-refractivity contribution in [2.24, 2.45) is 0 Å². The second-order valence-corrected chi connectivity index (χ2v) is 13.9. The minimum absolute atomic E-state index is 1.17. The quantitative estimate of drug-likeness (QED) is 0.177. The average Bonchev–Trinajstić information content (AvgIpc) is 3.12. The molecule has 0 bridgehead atoms. The molecule has 2 aliphatic heterocycles. The average molecular weight is 623 g/mol. The lowest BCUT2D eigenvalue weighted by molar-refractivity contribution is 1.17. The van der Waals surface area contributed by atoms with Crippen LogP contribution in [0, 0.1) is 0 Å². The second kappa shape index (κ2) is 10.2. The van der Waals surface area contributed by atoms with Gasteiger partial charge in [-0.1, -0.05) is 108 Å². The van der Waals surface area contributed by atoms with Crippen molar-refractivity contribution < 1.29 is 0 Å². The van der Waals surface area contributed by atoms with E-state index in [0.717, 1.165) is 0 Å². The van der Waals surface area contributed by atoms with Crippen LogP contribution >= 0.6 is 23.5 Å². The molecule has 0 saturated heterocycles. The summed E-state index contributed by atoms with van der Waals surface area (Å²) in [5.41, 5.74) is 7.20. The number of hydrogen-bond acceptors (Lipinski definition) is 4. The molecule has 8 aromatic carbocycles. The lowest BCUT2D eigenvalue weighted by Gasteiger charge is -2.33. The van der Waals surface area contributed by atoms with Crippen LogP contribution < -0.4 is 9.80 Å². The van der Waals surface area contributed by atoms with Gasteiger partial charge in [-0.15, -0.1) is 0 Å². The summed E-state index contributed by atoms with van der Waals surface area (Å²) in [6.45, 7) is 0. The fraction of sp³-hybridized carbons (Fsp3) is 0. The minimum atomic E-state index is 1.17. The Kier molecular flexibility index (Phi) is 5.77. The van der Waals surface area contributed by atoms with Gasteiger partial charge in [0.25, 0.3) is 0 Å². The number of nitrogens with zero attached hydrogens (tertiary/aromatic N) is 2. The highest BCUT2D eigenvalue weighted by molar-refractivity contribution is 8.00. The molecule has 4 heteroatoms. The zero-order valence-corrected chi connectivity index (χ0v) is 26.4. The first-order valence-corrected chi connectivity index (χ1v) is 17.2. The molecule has 0 fully saturated rings. The molecule has 8 aromatic rings. The highest BCUT2D eigenvalue weighted by atomic mass is 32.2. The van der Waals surface area contributed by atoms with Gasteiger partial charge in [-0.05, 0) is 105 Å². The van der Waals surface area contributed by atoms with Gasteiger partial charge in [-0.25, -0.2) is 0 Å². The number of hydrogen-bond donors (Lipinski definition) is 0. The van der Waals surface area contributed by atoms with Crippen molar-refractivity contribution in [2.45, 2.75) is 19.6 Å². The van der Waals surface area contributed by atoms with Gasteiger partial charge in [-0.2, -0.15) is 0 Å². The monoisotopic (exact) mass is 622 g/mol. The normalized spacial score (nSPS) is 13.4. The van der Waals surface area contributed by atoms with Crippen molar-refractivity contribution in [2.75, 3.05) is 9.80 Å². The highest BCUT2D eigenvalue weighted by Gasteiger charge is 2.27. The Bertz CT molecular complexity index is 2250. The minimum Gasteiger partial charge on any atom is -0.308 e. The molecule has 0 radical (unpaired) electrons. The Balaban J connectivity index is 1.26. The van der Waals surface area contributed by atoms with E-state index in [2.05, 4.69) is 168 Å². The number of benzene rings is 8. The maximum atomic E-state index is 2.43. The van der Waals surface area contributed by atoms with Gasteiger partial charge in [0.05, 0.1) is 22.7 Å².